The van der Waals surface area contributed by atoms with E-state index in [0.29, 0.717) is 0 Å². The molecule has 0 aliphatic rings. The molecule has 2 rings (SSSR count). The summed E-state index contributed by atoms with van der Waals surface area (Å²) in [4.78, 5) is 0. The molecule has 0 unspecified atom stereocenters. The molecular weight excluding hydrogens is 348 g/mol. The molecule has 27 heavy (non-hydrogen) atoms. The lowest BCUT2D eigenvalue weighted by molar-refractivity contribution is 0.394. The Morgan fingerprint density at radius 1 is 0.889 bits per heavy atom. The summed E-state index contributed by atoms with van der Waals surface area (Å²) in [5, 5.41) is 1.25. The fraction of sp³-hybridized carbons (Fsp3) is 0.250. The van der Waals surface area contributed by atoms with Gasteiger partial charge in [0.2, 0.25) is 0 Å². The second-order valence-electron chi connectivity index (χ2n) is 7.27. The summed E-state index contributed by atoms with van der Waals surface area (Å²) in [7, 11) is 1.85. The van der Waals surface area contributed by atoms with Crippen molar-refractivity contribution in [1.29, 1.82) is 0 Å². The Morgan fingerprint density at radius 3 is 1.96 bits per heavy atom. The molecular formula is C24H28O2Si. The van der Waals surface area contributed by atoms with E-state index in [1.807, 2.05) is 36.4 Å². The molecule has 0 fully saturated rings. The Bertz CT molecular complexity index is 869. The largest absolute Gasteiger partial charge is 0.497 e. The molecule has 0 spiro atoms. The van der Waals surface area contributed by atoms with Crippen molar-refractivity contribution in [3.05, 3.63) is 70.9 Å². The van der Waals surface area contributed by atoms with E-state index >= 15 is 0 Å². The number of ether oxygens (including phenoxy) is 2. The van der Waals surface area contributed by atoms with Crippen LogP contribution in [0.5, 0.6) is 11.5 Å². The SMILES string of the molecule is C/C=C(\C#C/C(=C\c1ccccc1)c1cc(OC)cc(OC)c1)[Si](C)(C)C. The Balaban J connectivity index is 2.61. The van der Waals surface area contributed by atoms with E-state index in [0.717, 1.165) is 28.2 Å². The van der Waals surface area contributed by atoms with Gasteiger partial charge in [-0.05, 0) is 41.5 Å². The van der Waals surface area contributed by atoms with Crippen LogP contribution in [0.3, 0.4) is 0 Å². The van der Waals surface area contributed by atoms with Crippen LogP contribution in [-0.2, 0) is 0 Å². The van der Waals surface area contributed by atoms with E-state index in [1.165, 1.54) is 5.20 Å². The Hall–Kier alpha value is -2.70. The van der Waals surface area contributed by atoms with Gasteiger partial charge in [-0.2, -0.15) is 0 Å². The lowest BCUT2D eigenvalue weighted by Gasteiger charge is -2.15. The number of hydrogen-bond acceptors (Lipinski definition) is 2. The second kappa shape index (κ2) is 9.30. The molecule has 140 valence electrons. The third-order valence-corrected chi connectivity index (χ3v) is 6.23. The highest BCUT2D eigenvalue weighted by Crippen LogP contribution is 2.28. The van der Waals surface area contributed by atoms with Crippen molar-refractivity contribution in [3.63, 3.8) is 0 Å². The highest BCUT2D eigenvalue weighted by atomic mass is 28.3. The molecule has 0 radical (unpaired) electrons. The molecule has 0 atom stereocenters. The summed E-state index contributed by atoms with van der Waals surface area (Å²) in [6.45, 7) is 9.00. The smallest absolute Gasteiger partial charge is 0.123 e. The van der Waals surface area contributed by atoms with Gasteiger partial charge in [0.15, 0.2) is 0 Å². The number of methoxy groups -OCH3 is 2. The van der Waals surface area contributed by atoms with Gasteiger partial charge in [0.25, 0.3) is 0 Å². The lowest BCUT2D eigenvalue weighted by Crippen LogP contribution is -2.22. The molecule has 3 heteroatoms. The van der Waals surface area contributed by atoms with Crippen molar-refractivity contribution in [2.45, 2.75) is 26.6 Å². The predicted octanol–water partition coefficient (Wildman–Crippen LogP) is 6.07. The molecule has 0 saturated heterocycles. The second-order valence-corrected chi connectivity index (χ2v) is 12.3. The van der Waals surface area contributed by atoms with Gasteiger partial charge in [-0.1, -0.05) is 67.9 Å². The Morgan fingerprint density at radius 2 is 1.48 bits per heavy atom. The third-order valence-electron chi connectivity index (χ3n) is 4.20. The maximum Gasteiger partial charge on any atom is 0.123 e. The van der Waals surface area contributed by atoms with Crippen molar-refractivity contribution < 1.29 is 9.47 Å². The average molecular weight is 377 g/mol. The predicted molar refractivity (Wildman–Crippen MR) is 119 cm³/mol. The first-order valence-electron chi connectivity index (χ1n) is 9.06. The van der Waals surface area contributed by atoms with E-state index in [2.05, 4.69) is 62.7 Å². The van der Waals surface area contributed by atoms with Crippen molar-refractivity contribution in [2.75, 3.05) is 14.2 Å². The van der Waals surface area contributed by atoms with E-state index in [1.54, 1.807) is 14.2 Å². The minimum atomic E-state index is -1.47. The van der Waals surface area contributed by atoms with Gasteiger partial charge in [0, 0.05) is 11.6 Å². The monoisotopic (exact) mass is 376 g/mol. The zero-order chi connectivity index (χ0) is 19.9. The van der Waals surface area contributed by atoms with Crippen LogP contribution in [0, 0.1) is 11.8 Å². The normalized spacial score (nSPS) is 12.2. The molecule has 2 aromatic rings. The molecule has 0 N–H and O–H groups in total. The summed E-state index contributed by atoms with van der Waals surface area (Å²) in [6.07, 6.45) is 4.25. The van der Waals surface area contributed by atoms with Gasteiger partial charge in [-0.15, -0.1) is 0 Å². The van der Waals surface area contributed by atoms with E-state index in [9.17, 15) is 0 Å². The van der Waals surface area contributed by atoms with Gasteiger partial charge in [-0.25, -0.2) is 0 Å². The van der Waals surface area contributed by atoms with Gasteiger partial charge in [0.05, 0.1) is 22.3 Å². The summed E-state index contributed by atoms with van der Waals surface area (Å²) in [6, 6.07) is 16.1. The van der Waals surface area contributed by atoms with Crippen LogP contribution in [0.15, 0.2) is 59.8 Å². The molecule has 0 aliphatic carbocycles. The standard InChI is InChI=1S/C24H28O2Si/c1-7-24(27(4,5)6)14-13-20(15-19-11-9-8-10-12-19)21-16-22(25-2)18-23(17-21)26-3/h7-12,15-18H,1-6H3/b20-15+,24-7+. The van der Waals surface area contributed by atoms with Gasteiger partial charge in [-0.3, -0.25) is 0 Å². The summed E-state index contributed by atoms with van der Waals surface area (Å²) >= 11 is 0. The lowest BCUT2D eigenvalue weighted by atomic mass is 10.0. The minimum absolute atomic E-state index is 0.751. The van der Waals surface area contributed by atoms with Gasteiger partial charge < -0.3 is 9.47 Å². The fourth-order valence-electron chi connectivity index (χ4n) is 2.70. The topological polar surface area (TPSA) is 18.5 Å². The highest BCUT2D eigenvalue weighted by Gasteiger charge is 2.17. The van der Waals surface area contributed by atoms with Crippen molar-refractivity contribution in [1.82, 2.24) is 0 Å². The number of benzene rings is 2. The van der Waals surface area contributed by atoms with Crippen LogP contribution in [0.1, 0.15) is 18.1 Å². The minimum Gasteiger partial charge on any atom is -0.497 e. The van der Waals surface area contributed by atoms with E-state index in [4.69, 9.17) is 9.47 Å². The summed E-state index contributed by atoms with van der Waals surface area (Å²) < 4.78 is 10.9. The average Bonchev–Trinajstić information content (AvgIpc) is 2.66. The van der Waals surface area contributed by atoms with Gasteiger partial charge >= 0.3 is 0 Å². The van der Waals surface area contributed by atoms with Crippen LogP contribution in [0.25, 0.3) is 11.6 Å². The van der Waals surface area contributed by atoms with Crippen molar-refractivity contribution >= 4 is 19.7 Å². The van der Waals surface area contributed by atoms with Crippen LogP contribution in [-0.4, -0.2) is 22.3 Å². The van der Waals surface area contributed by atoms with Crippen LogP contribution in [0.2, 0.25) is 19.6 Å². The van der Waals surface area contributed by atoms with Crippen molar-refractivity contribution in [3.8, 4) is 23.3 Å². The first kappa shape index (κ1) is 20.6. The molecule has 0 aromatic heterocycles. The Kier molecular flexibility index (Phi) is 7.10. The first-order valence-corrected chi connectivity index (χ1v) is 12.6. The zero-order valence-electron chi connectivity index (χ0n) is 17.1. The maximum atomic E-state index is 5.44. The quantitative estimate of drug-likeness (QED) is 0.358. The number of rotatable bonds is 5. The van der Waals surface area contributed by atoms with E-state index < -0.39 is 8.07 Å². The highest BCUT2D eigenvalue weighted by molar-refractivity contribution is 6.84. The van der Waals surface area contributed by atoms with Crippen LogP contribution >= 0.6 is 0 Å². The van der Waals surface area contributed by atoms with Crippen LogP contribution < -0.4 is 9.47 Å². The molecule has 0 bridgehead atoms. The number of hydrogen-bond donors (Lipinski definition) is 0. The third kappa shape index (κ3) is 5.91. The maximum absolute atomic E-state index is 5.44. The first-order chi connectivity index (χ1) is 12.9. The number of allylic oxidation sites excluding steroid dienone is 3. The molecule has 0 amide bonds. The summed E-state index contributed by atoms with van der Waals surface area (Å²) in [5.74, 6) is 8.34. The molecule has 0 aliphatic heterocycles. The Labute approximate surface area is 164 Å². The molecule has 0 heterocycles. The van der Waals surface area contributed by atoms with E-state index in [-0.39, 0.29) is 0 Å². The summed E-state index contributed by atoms with van der Waals surface area (Å²) in [5.41, 5.74) is 3.03. The van der Waals surface area contributed by atoms with Crippen LogP contribution in [0.4, 0.5) is 0 Å². The van der Waals surface area contributed by atoms with Crippen molar-refractivity contribution in [2.24, 2.45) is 0 Å². The molecule has 2 aromatic carbocycles. The zero-order valence-corrected chi connectivity index (χ0v) is 18.1. The van der Waals surface area contributed by atoms with Gasteiger partial charge in [0.1, 0.15) is 11.5 Å². The molecule has 2 nitrogen and oxygen atoms in total. The fourth-order valence-corrected chi connectivity index (χ4v) is 4.00. The molecule has 0 saturated carbocycles.